The Morgan fingerprint density at radius 1 is 1.29 bits per heavy atom. The summed E-state index contributed by atoms with van der Waals surface area (Å²) in [6.45, 7) is 1.63. The van der Waals surface area contributed by atoms with Gasteiger partial charge in [0.1, 0.15) is 5.69 Å². The third-order valence-corrected chi connectivity index (χ3v) is 3.55. The van der Waals surface area contributed by atoms with Gasteiger partial charge in [-0.05, 0) is 18.7 Å². The van der Waals surface area contributed by atoms with E-state index in [2.05, 4.69) is 15.1 Å². The summed E-state index contributed by atoms with van der Waals surface area (Å²) in [5, 5.41) is 15.7. The van der Waals surface area contributed by atoms with Crippen LogP contribution in [-0.4, -0.2) is 38.9 Å². The summed E-state index contributed by atoms with van der Waals surface area (Å²) < 4.78 is 11.5. The molecule has 0 saturated heterocycles. The topological polar surface area (TPSA) is 105 Å². The molecule has 0 amide bonds. The third-order valence-electron chi connectivity index (χ3n) is 2.72. The lowest BCUT2D eigenvalue weighted by Crippen LogP contribution is -1.97. The van der Waals surface area contributed by atoms with Crippen molar-refractivity contribution in [3.8, 4) is 11.8 Å². The van der Waals surface area contributed by atoms with Crippen molar-refractivity contribution in [3.05, 3.63) is 21.9 Å². The first-order chi connectivity index (χ1) is 9.96. The molecule has 0 spiro atoms. The molecule has 2 rings (SSSR count). The van der Waals surface area contributed by atoms with Crippen LogP contribution in [0.25, 0.3) is 0 Å². The molecule has 0 radical (unpaired) electrons. The van der Waals surface area contributed by atoms with Crippen LogP contribution < -0.4 is 9.47 Å². The van der Waals surface area contributed by atoms with Gasteiger partial charge in [-0.1, -0.05) is 0 Å². The number of methoxy groups -OCH3 is 2. The first-order valence-corrected chi connectivity index (χ1v) is 6.60. The van der Waals surface area contributed by atoms with Gasteiger partial charge < -0.3 is 9.47 Å². The first kappa shape index (κ1) is 15.0. The van der Waals surface area contributed by atoms with Crippen molar-refractivity contribution < 1.29 is 14.4 Å². The Morgan fingerprint density at radius 3 is 2.33 bits per heavy atom. The minimum absolute atomic E-state index is 0.0621. The standard InChI is InChI=1S/C11H13N5O4S/c1-6-9(16(17)18)10(14-15(6)2)21-11-12-7(19-3)5-8(13-11)20-4/h5H,1-4H3. The minimum Gasteiger partial charge on any atom is -0.481 e. The highest BCUT2D eigenvalue weighted by molar-refractivity contribution is 7.99. The summed E-state index contributed by atoms with van der Waals surface area (Å²) in [6.07, 6.45) is 0. The summed E-state index contributed by atoms with van der Waals surface area (Å²) in [5.74, 6) is 0.610. The van der Waals surface area contributed by atoms with Crippen LogP contribution >= 0.6 is 11.8 Å². The molecule has 0 saturated carbocycles. The summed E-state index contributed by atoms with van der Waals surface area (Å²) >= 11 is 0.981. The van der Waals surface area contributed by atoms with E-state index in [0.29, 0.717) is 17.5 Å². The molecule has 0 aliphatic heterocycles. The number of aromatic nitrogens is 4. The van der Waals surface area contributed by atoms with Crippen LogP contribution in [0.2, 0.25) is 0 Å². The van der Waals surface area contributed by atoms with E-state index in [4.69, 9.17) is 9.47 Å². The molecule has 9 nitrogen and oxygen atoms in total. The fourth-order valence-electron chi connectivity index (χ4n) is 1.57. The number of rotatable bonds is 5. The predicted octanol–water partition coefficient (Wildman–Crippen LogP) is 1.60. The number of nitrogens with zero attached hydrogens (tertiary/aromatic N) is 5. The maximum absolute atomic E-state index is 11.1. The monoisotopic (exact) mass is 311 g/mol. The maximum atomic E-state index is 11.1. The SMILES string of the molecule is COc1cc(OC)nc(Sc2nn(C)c(C)c2[N+](=O)[O-])n1. The second kappa shape index (κ2) is 5.95. The van der Waals surface area contributed by atoms with Gasteiger partial charge in [-0.15, -0.1) is 0 Å². The van der Waals surface area contributed by atoms with E-state index >= 15 is 0 Å². The molecule has 21 heavy (non-hydrogen) atoms. The number of nitro groups is 1. The van der Waals surface area contributed by atoms with E-state index in [1.165, 1.54) is 25.0 Å². The number of aryl methyl sites for hydroxylation is 1. The highest BCUT2D eigenvalue weighted by atomic mass is 32.2. The second-order valence-corrected chi connectivity index (χ2v) is 4.91. The van der Waals surface area contributed by atoms with Crippen molar-refractivity contribution in [3.63, 3.8) is 0 Å². The van der Waals surface area contributed by atoms with E-state index in [1.807, 2.05) is 0 Å². The molecule has 2 aromatic rings. The van der Waals surface area contributed by atoms with E-state index in [9.17, 15) is 10.1 Å². The van der Waals surface area contributed by atoms with E-state index in [-0.39, 0.29) is 15.9 Å². The zero-order chi connectivity index (χ0) is 15.6. The predicted molar refractivity (Wildman–Crippen MR) is 73.9 cm³/mol. The normalized spacial score (nSPS) is 10.5. The van der Waals surface area contributed by atoms with Crippen molar-refractivity contribution in [1.82, 2.24) is 19.7 Å². The number of hydrogen-bond donors (Lipinski definition) is 0. The molecule has 0 N–H and O–H groups in total. The highest BCUT2D eigenvalue weighted by Gasteiger charge is 2.25. The molecule has 2 aromatic heterocycles. The van der Waals surface area contributed by atoms with Crippen molar-refractivity contribution in [2.45, 2.75) is 17.1 Å². The highest BCUT2D eigenvalue weighted by Crippen LogP contribution is 2.35. The molecule has 2 heterocycles. The fraction of sp³-hybridized carbons (Fsp3) is 0.364. The van der Waals surface area contributed by atoms with Gasteiger partial charge in [-0.25, -0.2) is 0 Å². The Balaban J connectivity index is 2.43. The summed E-state index contributed by atoms with van der Waals surface area (Å²) in [7, 11) is 4.56. The Bertz CT molecular complexity index is 665. The van der Waals surface area contributed by atoms with Gasteiger partial charge in [0, 0.05) is 7.05 Å². The van der Waals surface area contributed by atoms with Gasteiger partial charge in [0.15, 0.2) is 0 Å². The van der Waals surface area contributed by atoms with Crippen molar-refractivity contribution in [2.24, 2.45) is 7.05 Å². The Labute approximate surface area is 124 Å². The lowest BCUT2D eigenvalue weighted by molar-refractivity contribution is -0.388. The lowest BCUT2D eigenvalue weighted by atomic mass is 10.4. The molecule has 0 bridgehead atoms. The van der Waals surface area contributed by atoms with Crippen LogP contribution in [0.5, 0.6) is 11.8 Å². The number of hydrogen-bond acceptors (Lipinski definition) is 8. The van der Waals surface area contributed by atoms with Gasteiger partial charge in [-0.3, -0.25) is 14.8 Å². The molecule has 0 aromatic carbocycles. The van der Waals surface area contributed by atoms with E-state index in [1.54, 1.807) is 14.0 Å². The van der Waals surface area contributed by atoms with Gasteiger partial charge >= 0.3 is 5.69 Å². The van der Waals surface area contributed by atoms with Crippen LogP contribution in [0.15, 0.2) is 16.2 Å². The maximum Gasteiger partial charge on any atom is 0.324 e. The smallest absolute Gasteiger partial charge is 0.324 e. The molecule has 10 heteroatoms. The third kappa shape index (κ3) is 3.05. The van der Waals surface area contributed by atoms with E-state index in [0.717, 1.165) is 11.8 Å². The molecular formula is C11H13N5O4S. The van der Waals surface area contributed by atoms with Crippen LogP contribution in [0.3, 0.4) is 0 Å². The summed E-state index contributed by atoms with van der Waals surface area (Å²) in [4.78, 5) is 18.9. The van der Waals surface area contributed by atoms with Gasteiger partial charge in [0.25, 0.3) is 0 Å². The fourth-order valence-corrected chi connectivity index (χ4v) is 2.50. The zero-order valence-corrected chi connectivity index (χ0v) is 12.7. The van der Waals surface area contributed by atoms with Gasteiger partial charge in [0.05, 0.1) is 25.2 Å². The molecule has 0 unspecified atom stereocenters. The second-order valence-electron chi connectivity index (χ2n) is 3.96. The molecular weight excluding hydrogens is 298 g/mol. The van der Waals surface area contributed by atoms with Gasteiger partial charge in [0.2, 0.25) is 21.9 Å². The molecule has 0 fully saturated rings. The number of ether oxygens (including phenoxy) is 2. The van der Waals surface area contributed by atoms with Crippen molar-refractivity contribution in [1.29, 1.82) is 0 Å². The van der Waals surface area contributed by atoms with Crippen molar-refractivity contribution in [2.75, 3.05) is 14.2 Å². The molecule has 0 aliphatic carbocycles. The average Bonchev–Trinajstić information content (AvgIpc) is 2.73. The molecule has 0 atom stereocenters. The molecule has 112 valence electrons. The van der Waals surface area contributed by atoms with E-state index < -0.39 is 4.92 Å². The quantitative estimate of drug-likeness (QED) is 0.465. The lowest BCUT2D eigenvalue weighted by Gasteiger charge is -2.04. The average molecular weight is 311 g/mol. The zero-order valence-electron chi connectivity index (χ0n) is 11.9. The first-order valence-electron chi connectivity index (χ1n) is 5.79. The molecule has 0 aliphatic rings. The van der Waals surface area contributed by atoms with Crippen LogP contribution in [0.1, 0.15) is 5.69 Å². The summed E-state index contributed by atoms with van der Waals surface area (Å²) in [5.41, 5.74) is 0.394. The largest absolute Gasteiger partial charge is 0.481 e. The van der Waals surface area contributed by atoms with Gasteiger partial charge in [-0.2, -0.15) is 15.1 Å². The Morgan fingerprint density at radius 2 is 1.86 bits per heavy atom. The Hall–Kier alpha value is -2.36. The summed E-state index contributed by atoms with van der Waals surface area (Å²) in [6, 6.07) is 1.52. The van der Waals surface area contributed by atoms with Crippen LogP contribution in [-0.2, 0) is 7.05 Å². The van der Waals surface area contributed by atoms with Crippen LogP contribution in [0, 0.1) is 17.0 Å². The Kier molecular flexibility index (Phi) is 4.26. The minimum atomic E-state index is -0.470. The van der Waals surface area contributed by atoms with Crippen LogP contribution in [0.4, 0.5) is 5.69 Å². The van der Waals surface area contributed by atoms with Crippen molar-refractivity contribution >= 4 is 17.4 Å².